The molecule has 0 amide bonds. The summed E-state index contributed by atoms with van der Waals surface area (Å²) in [6, 6.07) is 2.29. The quantitative estimate of drug-likeness (QED) is 0.683. The minimum Gasteiger partial charge on any atom is -0.476 e. The van der Waals surface area contributed by atoms with Crippen molar-refractivity contribution in [2.45, 2.75) is 13.1 Å². The van der Waals surface area contributed by atoms with E-state index in [1.54, 1.807) is 0 Å². The van der Waals surface area contributed by atoms with Gasteiger partial charge in [0.15, 0.2) is 5.69 Å². The number of aromatic carboxylic acids is 1. The maximum Gasteiger partial charge on any atom is 0.358 e. The molecule has 9 heteroatoms. The SMILES string of the molecule is O=C(O)c1cn(CCn2[nH]c(=O)ccc2=O)nn1. The first kappa shape index (κ1) is 11.8. The third-order valence-corrected chi connectivity index (χ3v) is 2.20. The summed E-state index contributed by atoms with van der Waals surface area (Å²) in [5.41, 5.74) is -0.920. The summed E-state index contributed by atoms with van der Waals surface area (Å²) in [4.78, 5) is 32.9. The van der Waals surface area contributed by atoms with Crippen LogP contribution >= 0.6 is 0 Å². The molecule has 0 aliphatic carbocycles. The maximum absolute atomic E-state index is 11.4. The third kappa shape index (κ3) is 2.51. The number of aromatic nitrogens is 5. The van der Waals surface area contributed by atoms with Gasteiger partial charge in [0.2, 0.25) is 0 Å². The number of carboxylic acid groups (broad SMARTS) is 1. The molecule has 0 unspecified atom stereocenters. The lowest BCUT2D eigenvalue weighted by atomic mass is 10.5. The first-order valence-corrected chi connectivity index (χ1v) is 5.00. The molecule has 2 aromatic rings. The minimum absolute atomic E-state index is 0.164. The van der Waals surface area contributed by atoms with E-state index in [2.05, 4.69) is 15.4 Å². The van der Waals surface area contributed by atoms with Crippen LogP contribution in [-0.2, 0) is 13.1 Å². The van der Waals surface area contributed by atoms with E-state index in [9.17, 15) is 14.4 Å². The Morgan fingerprint density at radius 2 is 2.11 bits per heavy atom. The minimum atomic E-state index is -1.17. The maximum atomic E-state index is 11.4. The van der Waals surface area contributed by atoms with Gasteiger partial charge in [-0.3, -0.25) is 14.7 Å². The Morgan fingerprint density at radius 3 is 2.78 bits per heavy atom. The number of hydrogen-bond acceptors (Lipinski definition) is 5. The molecule has 0 aliphatic rings. The Morgan fingerprint density at radius 1 is 1.33 bits per heavy atom. The van der Waals surface area contributed by atoms with Gasteiger partial charge in [-0.05, 0) is 0 Å². The Bertz CT molecular complexity index is 683. The fourth-order valence-corrected chi connectivity index (χ4v) is 1.34. The van der Waals surface area contributed by atoms with E-state index in [-0.39, 0.29) is 29.9 Å². The van der Waals surface area contributed by atoms with E-state index in [1.165, 1.54) is 10.9 Å². The topological polar surface area (TPSA) is 123 Å². The first-order chi connectivity index (χ1) is 8.56. The van der Waals surface area contributed by atoms with Crippen LogP contribution in [-0.4, -0.2) is 35.9 Å². The van der Waals surface area contributed by atoms with Crippen LogP contribution in [0.5, 0.6) is 0 Å². The highest BCUT2D eigenvalue weighted by atomic mass is 16.4. The molecule has 0 spiro atoms. The molecule has 0 saturated heterocycles. The number of rotatable bonds is 4. The molecular formula is C9H9N5O4. The summed E-state index contributed by atoms with van der Waals surface area (Å²) in [6.45, 7) is 0.386. The number of aromatic amines is 1. The largest absolute Gasteiger partial charge is 0.476 e. The average Bonchev–Trinajstić information content (AvgIpc) is 2.79. The van der Waals surface area contributed by atoms with Crippen LogP contribution in [0.15, 0.2) is 27.9 Å². The standard InChI is InChI=1S/C9H9N5O4/c15-7-1-2-8(16)14(11-7)4-3-13-5-6(9(17)18)10-12-13/h1-2,5H,3-4H2,(H,11,15)(H,17,18). The zero-order valence-corrected chi connectivity index (χ0v) is 9.11. The number of carbonyl (C=O) groups is 1. The van der Waals surface area contributed by atoms with Gasteiger partial charge in [-0.15, -0.1) is 5.10 Å². The molecule has 18 heavy (non-hydrogen) atoms. The molecule has 2 N–H and O–H groups in total. The number of nitrogens with one attached hydrogen (secondary N) is 1. The van der Waals surface area contributed by atoms with Gasteiger partial charge in [0.25, 0.3) is 11.1 Å². The van der Waals surface area contributed by atoms with Gasteiger partial charge in [-0.2, -0.15) is 0 Å². The fraction of sp³-hybridized carbons (Fsp3) is 0.222. The van der Waals surface area contributed by atoms with Crippen LogP contribution in [0.4, 0.5) is 0 Å². The molecule has 2 aromatic heterocycles. The second kappa shape index (κ2) is 4.65. The van der Waals surface area contributed by atoms with Gasteiger partial charge < -0.3 is 5.11 Å². The Hall–Kier alpha value is -2.71. The molecule has 2 heterocycles. The van der Waals surface area contributed by atoms with Crippen LogP contribution in [0, 0.1) is 0 Å². The summed E-state index contributed by atoms with van der Waals surface area (Å²) in [7, 11) is 0. The summed E-state index contributed by atoms with van der Waals surface area (Å²) in [6.07, 6.45) is 1.24. The van der Waals surface area contributed by atoms with Crippen molar-refractivity contribution in [3.05, 3.63) is 44.7 Å². The number of nitrogens with zero attached hydrogens (tertiary/aromatic N) is 4. The highest BCUT2D eigenvalue weighted by molar-refractivity contribution is 5.84. The Balaban J connectivity index is 2.11. The van der Waals surface area contributed by atoms with E-state index in [4.69, 9.17) is 5.11 Å². The average molecular weight is 251 g/mol. The van der Waals surface area contributed by atoms with Crippen LogP contribution in [0.1, 0.15) is 10.5 Å². The van der Waals surface area contributed by atoms with Crippen molar-refractivity contribution in [3.8, 4) is 0 Å². The second-order valence-electron chi connectivity index (χ2n) is 3.47. The zero-order valence-electron chi connectivity index (χ0n) is 9.11. The van der Waals surface area contributed by atoms with Crippen LogP contribution < -0.4 is 11.1 Å². The summed E-state index contributed by atoms with van der Waals surface area (Å²) < 4.78 is 2.39. The van der Waals surface area contributed by atoms with Crippen LogP contribution in [0.3, 0.4) is 0 Å². The molecule has 0 aromatic carbocycles. The molecule has 2 rings (SSSR count). The molecular weight excluding hydrogens is 242 g/mol. The Kier molecular flexibility index (Phi) is 3.04. The van der Waals surface area contributed by atoms with Gasteiger partial charge in [0, 0.05) is 12.1 Å². The van der Waals surface area contributed by atoms with E-state index in [0.29, 0.717) is 0 Å². The molecule has 0 bridgehead atoms. The van der Waals surface area contributed by atoms with Gasteiger partial charge in [-0.25, -0.2) is 14.2 Å². The summed E-state index contributed by atoms with van der Waals surface area (Å²) in [5, 5.41) is 18.0. The highest BCUT2D eigenvalue weighted by Crippen LogP contribution is 1.92. The lowest BCUT2D eigenvalue weighted by molar-refractivity contribution is 0.0690. The van der Waals surface area contributed by atoms with E-state index < -0.39 is 5.97 Å². The fourth-order valence-electron chi connectivity index (χ4n) is 1.34. The predicted molar refractivity (Wildman–Crippen MR) is 58.3 cm³/mol. The van der Waals surface area contributed by atoms with Gasteiger partial charge >= 0.3 is 5.97 Å². The normalized spacial score (nSPS) is 10.4. The van der Waals surface area contributed by atoms with Crippen molar-refractivity contribution in [2.24, 2.45) is 0 Å². The molecule has 0 saturated carbocycles. The lowest BCUT2D eigenvalue weighted by Crippen LogP contribution is -2.29. The molecule has 9 nitrogen and oxygen atoms in total. The summed E-state index contributed by atoms with van der Waals surface area (Å²) in [5.74, 6) is -1.17. The number of H-pyrrole nitrogens is 1. The van der Waals surface area contributed by atoms with Gasteiger partial charge in [-0.1, -0.05) is 5.21 Å². The Labute approximate surface area is 99.3 Å². The van der Waals surface area contributed by atoms with Crippen molar-refractivity contribution >= 4 is 5.97 Å². The predicted octanol–water partition coefficient (Wildman–Crippen LogP) is -1.47. The third-order valence-electron chi connectivity index (χ3n) is 2.20. The number of aryl methyl sites for hydroxylation is 2. The zero-order chi connectivity index (χ0) is 13.1. The molecule has 0 radical (unpaired) electrons. The van der Waals surface area contributed by atoms with Gasteiger partial charge in [0.05, 0.1) is 19.3 Å². The van der Waals surface area contributed by atoms with Gasteiger partial charge in [0.1, 0.15) is 0 Å². The number of carboxylic acids is 1. The molecule has 94 valence electrons. The van der Waals surface area contributed by atoms with E-state index in [1.807, 2.05) is 0 Å². The smallest absolute Gasteiger partial charge is 0.358 e. The van der Waals surface area contributed by atoms with Crippen LogP contribution in [0.2, 0.25) is 0 Å². The second-order valence-corrected chi connectivity index (χ2v) is 3.47. The van der Waals surface area contributed by atoms with Crippen molar-refractivity contribution in [1.29, 1.82) is 0 Å². The number of hydrogen-bond donors (Lipinski definition) is 2. The van der Waals surface area contributed by atoms with Crippen LogP contribution in [0.25, 0.3) is 0 Å². The lowest BCUT2D eigenvalue weighted by Gasteiger charge is -2.03. The van der Waals surface area contributed by atoms with Crippen molar-refractivity contribution in [2.75, 3.05) is 0 Å². The molecule has 0 atom stereocenters. The first-order valence-electron chi connectivity index (χ1n) is 5.00. The van der Waals surface area contributed by atoms with E-state index >= 15 is 0 Å². The van der Waals surface area contributed by atoms with Crippen molar-refractivity contribution in [1.82, 2.24) is 24.8 Å². The van der Waals surface area contributed by atoms with Crippen molar-refractivity contribution < 1.29 is 9.90 Å². The van der Waals surface area contributed by atoms with Crippen molar-refractivity contribution in [3.63, 3.8) is 0 Å². The summed E-state index contributed by atoms with van der Waals surface area (Å²) >= 11 is 0. The van der Waals surface area contributed by atoms with E-state index in [0.717, 1.165) is 16.8 Å². The monoisotopic (exact) mass is 251 g/mol. The highest BCUT2D eigenvalue weighted by Gasteiger charge is 2.08. The molecule has 0 fully saturated rings. The molecule has 0 aliphatic heterocycles.